The van der Waals surface area contributed by atoms with E-state index < -0.39 is 0 Å². The first-order valence-electron chi connectivity index (χ1n) is 8.29. The van der Waals surface area contributed by atoms with Gasteiger partial charge in [0.05, 0.1) is 18.5 Å². The summed E-state index contributed by atoms with van der Waals surface area (Å²) in [5, 5.41) is 5.59. The average molecular weight is 355 g/mol. The molecule has 7 heteroatoms. The van der Waals surface area contributed by atoms with Crippen molar-refractivity contribution in [3.8, 4) is 11.5 Å². The zero-order valence-electron chi connectivity index (χ0n) is 14.7. The summed E-state index contributed by atoms with van der Waals surface area (Å²) in [5.41, 5.74) is 2.18. The van der Waals surface area contributed by atoms with Crippen molar-refractivity contribution in [1.29, 1.82) is 0 Å². The van der Waals surface area contributed by atoms with E-state index in [2.05, 4.69) is 10.6 Å². The number of para-hydroxylation sites is 2. The highest BCUT2D eigenvalue weighted by Gasteiger charge is 2.24. The van der Waals surface area contributed by atoms with Crippen LogP contribution in [-0.2, 0) is 11.2 Å². The summed E-state index contributed by atoms with van der Waals surface area (Å²) >= 11 is 0. The van der Waals surface area contributed by atoms with Crippen LogP contribution in [0.25, 0.3) is 0 Å². The first kappa shape index (κ1) is 17.6. The molecule has 0 atom stereocenters. The summed E-state index contributed by atoms with van der Waals surface area (Å²) in [6.07, 6.45) is 0.651. The lowest BCUT2D eigenvalue weighted by Crippen LogP contribution is -2.36. The summed E-state index contributed by atoms with van der Waals surface area (Å²) in [6, 6.07) is 12.6. The summed E-state index contributed by atoms with van der Waals surface area (Å²) in [7, 11) is 3.31. The van der Waals surface area contributed by atoms with Crippen LogP contribution >= 0.6 is 0 Å². The minimum Gasteiger partial charge on any atom is -0.496 e. The van der Waals surface area contributed by atoms with Crippen molar-refractivity contribution < 1.29 is 19.1 Å². The number of benzene rings is 2. The Bertz CT molecular complexity index is 822. The Labute approximate surface area is 151 Å². The van der Waals surface area contributed by atoms with Crippen LogP contribution in [0.4, 0.5) is 16.2 Å². The molecular formula is C19H21N3O4. The van der Waals surface area contributed by atoms with E-state index in [1.807, 2.05) is 24.3 Å². The van der Waals surface area contributed by atoms with Crippen molar-refractivity contribution in [2.75, 3.05) is 37.5 Å². The van der Waals surface area contributed by atoms with Crippen LogP contribution in [0.1, 0.15) is 5.56 Å². The predicted octanol–water partition coefficient (Wildman–Crippen LogP) is 2.41. The van der Waals surface area contributed by atoms with Crippen LogP contribution < -0.4 is 25.0 Å². The van der Waals surface area contributed by atoms with Gasteiger partial charge in [-0.15, -0.1) is 0 Å². The average Bonchev–Trinajstić information content (AvgIpc) is 2.65. The SMILES string of the molecule is COc1ccccc1CCNC(=O)Nc1cccc2c1OCC(=O)N2C. The monoisotopic (exact) mass is 355 g/mol. The molecule has 0 saturated carbocycles. The number of nitrogens with zero attached hydrogens (tertiary/aromatic N) is 1. The molecule has 1 aliphatic heterocycles. The highest BCUT2D eigenvalue weighted by molar-refractivity contribution is 6.00. The Hall–Kier alpha value is -3.22. The van der Waals surface area contributed by atoms with Crippen molar-refractivity contribution in [2.24, 2.45) is 0 Å². The standard InChI is InChI=1S/C19H21N3O4/c1-22-15-8-5-7-14(18(15)26-12-17(22)23)21-19(24)20-11-10-13-6-3-4-9-16(13)25-2/h3-9H,10-12H2,1-2H3,(H2,20,21,24). The van der Waals surface area contributed by atoms with Gasteiger partial charge in [0.1, 0.15) is 5.75 Å². The van der Waals surface area contributed by atoms with E-state index in [1.54, 1.807) is 32.4 Å². The fraction of sp³-hybridized carbons (Fsp3) is 0.263. The van der Waals surface area contributed by atoms with Crippen molar-refractivity contribution in [2.45, 2.75) is 6.42 Å². The third-order valence-corrected chi connectivity index (χ3v) is 4.19. The second-order valence-electron chi connectivity index (χ2n) is 5.84. The number of nitrogens with one attached hydrogen (secondary N) is 2. The minimum absolute atomic E-state index is 0.0440. The lowest BCUT2D eigenvalue weighted by molar-refractivity contribution is -0.120. The molecule has 2 N–H and O–H groups in total. The number of urea groups is 1. The van der Waals surface area contributed by atoms with Gasteiger partial charge in [0.15, 0.2) is 12.4 Å². The lowest BCUT2D eigenvalue weighted by atomic mass is 10.1. The number of hydrogen-bond donors (Lipinski definition) is 2. The van der Waals surface area contributed by atoms with Gasteiger partial charge in [-0.25, -0.2) is 4.79 Å². The molecule has 2 aromatic rings. The largest absolute Gasteiger partial charge is 0.496 e. The molecule has 0 saturated heterocycles. The van der Waals surface area contributed by atoms with Gasteiger partial charge in [-0.1, -0.05) is 24.3 Å². The van der Waals surface area contributed by atoms with Gasteiger partial charge >= 0.3 is 6.03 Å². The second-order valence-corrected chi connectivity index (χ2v) is 5.84. The first-order valence-corrected chi connectivity index (χ1v) is 8.29. The van der Waals surface area contributed by atoms with Gasteiger partial charge in [0, 0.05) is 13.6 Å². The maximum atomic E-state index is 12.2. The molecule has 3 rings (SSSR count). The van der Waals surface area contributed by atoms with E-state index in [9.17, 15) is 9.59 Å². The molecule has 0 fully saturated rings. The third-order valence-electron chi connectivity index (χ3n) is 4.19. The van der Waals surface area contributed by atoms with Crippen LogP contribution in [0.2, 0.25) is 0 Å². The van der Waals surface area contributed by atoms with Gasteiger partial charge in [-0.2, -0.15) is 0 Å². The first-order chi connectivity index (χ1) is 12.6. The zero-order chi connectivity index (χ0) is 18.5. The van der Waals surface area contributed by atoms with Crippen LogP contribution in [0.15, 0.2) is 42.5 Å². The number of carbonyl (C=O) groups excluding carboxylic acids is 2. The maximum absolute atomic E-state index is 12.2. The minimum atomic E-state index is -0.337. The third kappa shape index (κ3) is 3.72. The summed E-state index contributed by atoms with van der Waals surface area (Å²) < 4.78 is 10.8. The maximum Gasteiger partial charge on any atom is 0.319 e. The molecule has 2 aromatic carbocycles. The van der Waals surface area contributed by atoms with Crippen molar-refractivity contribution in [1.82, 2.24) is 5.32 Å². The number of ether oxygens (including phenoxy) is 2. The fourth-order valence-corrected chi connectivity index (χ4v) is 2.79. The van der Waals surface area contributed by atoms with Crippen LogP contribution in [0.5, 0.6) is 11.5 Å². The molecular weight excluding hydrogens is 334 g/mol. The Morgan fingerprint density at radius 2 is 2.04 bits per heavy atom. The molecule has 7 nitrogen and oxygen atoms in total. The normalized spacial score (nSPS) is 12.8. The molecule has 1 aliphatic rings. The highest BCUT2D eigenvalue weighted by atomic mass is 16.5. The van der Waals surface area contributed by atoms with E-state index in [1.165, 1.54) is 4.90 Å². The van der Waals surface area contributed by atoms with Gasteiger partial charge < -0.3 is 25.0 Å². The second kappa shape index (κ2) is 7.77. The van der Waals surface area contributed by atoms with Gasteiger partial charge in [-0.05, 0) is 30.2 Å². The van der Waals surface area contributed by atoms with Crippen molar-refractivity contribution in [3.05, 3.63) is 48.0 Å². The van der Waals surface area contributed by atoms with E-state index in [4.69, 9.17) is 9.47 Å². The summed E-state index contributed by atoms with van der Waals surface area (Å²) in [6.45, 7) is 0.415. The van der Waals surface area contributed by atoms with E-state index in [0.717, 1.165) is 11.3 Å². The Balaban J connectivity index is 1.60. The molecule has 3 amide bonds. The van der Waals surface area contributed by atoms with Crippen molar-refractivity contribution in [3.63, 3.8) is 0 Å². The smallest absolute Gasteiger partial charge is 0.319 e. The quantitative estimate of drug-likeness (QED) is 0.863. The molecule has 0 bridgehead atoms. The van der Waals surface area contributed by atoms with E-state index >= 15 is 0 Å². The number of rotatable bonds is 5. The van der Waals surface area contributed by atoms with Gasteiger partial charge in [0.25, 0.3) is 5.91 Å². The molecule has 0 unspecified atom stereocenters. The number of fused-ring (bicyclic) bond motifs is 1. The van der Waals surface area contributed by atoms with Gasteiger partial charge in [-0.3, -0.25) is 4.79 Å². The highest BCUT2D eigenvalue weighted by Crippen LogP contribution is 2.37. The fourth-order valence-electron chi connectivity index (χ4n) is 2.79. The Morgan fingerprint density at radius 3 is 2.85 bits per heavy atom. The number of carbonyl (C=O) groups is 2. The molecule has 1 heterocycles. The number of anilines is 2. The topological polar surface area (TPSA) is 79.9 Å². The van der Waals surface area contributed by atoms with E-state index in [-0.39, 0.29) is 18.5 Å². The molecule has 0 aromatic heterocycles. The summed E-state index contributed by atoms with van der Waals surface area (Å²) in [4.78, 5) is 25.4. The number of methoxy groups -OCH3 is 1. The van der Waals surface area contributed by atoms with Crippen LogP contribution in [0.3, 0.4) is 0 Å². The molecule has 0 aliphatic carbocycles. The Morgan fingerprint density at radius 1 is 1.23 bits per heavy atom. The summed E-state index contributed by atoms with van der Waals surface area (Å²) in [5.74, 6) is 1.17. The van der Waals surface area contributed by atoms with Crippen LogP contribution in [0, 0.1) is 0 Å². The van der Waals surface area contributed by atoms with Gasteiger partial charge in [0.2, 0.25) is 0 Å². The number of hydrogen-bond acceptors (Lipinski definition) is 4. The molecule has 26 heavy (non-hydrogen) atoms. The lowest BCUT2D eigenvalue weighted by Gasteiger charge is -2.27. The predicted molar refractivity (Wildman–Crippen MR) is 99.1 cm³/mol. The van der Waals surface area contributed by atoms with Crippen LogP contribution in [-0.4, -0.2) is 39.2 Å². The van der Waals surface area contributed by atoms with E-state index in [0.29, 0.717) is 30.1 Å². The molecule has 0 radical (unpaired) electrons. The number of likely N-dealkylation sites (N-methyl/N-ethyl adjacent to an activating group) is 1. The zero-order valence-corrected chi connectivity index (χ0v) is 14.7. The molecule has 136 valence electrons. The van der Waals surface area contributed by atoms with Crippen molar-refractivity contribution >= 4 is 23.3 Å². The molecule has 0 spiro atoms. The Kier molecular flexibility index (Phi) is 5.26. The number of amides is 3.